The lowest BCUT2D eigenvalue weighted by atomic mass is 9.68. The molecule has 0 fully saturated rings. The van der Waals surface area contributed by atoms with Crippen LogP contribution in [0.15, 0.2) is 0 Å². The summed E-state index contributed by atoms with van der Waals surface area (Å²) >= 11 is 0. The van der Waals surface area contributed by atoms with Crippen molar-refractivity contribution in [1.82, 2.24) is 0 Å². The summed E-state index contributed by atoms with van der Waals surface area (Å²) in [6.45, 7) is -4.17. The van der Waals surface area contributed by atoms with Gasteiger partial charge >= 0.3 is 18.8 Å². The molecule has 3 nitrogen and oxygen atoms in total. The van der Waals surface area contributed by atoms with E-state index in [1.165, 1.54) is 0 Å². The summed E-state index contributed by atoms with van der Waals surface area (Å²) in [6.07, 6.45) is -5.80. The fraction of sp³-hybridized carbons (Fsp3) is 1.00. The standard InChI is InChI=1S/C5H9BF5O3/c1-12-6(13-2,14-3)4(7,8)5(9,10)11/h1-3H3/q-1. The molecule has 0 aliphatic heterocycles. The molecule has 0 bridgehead atoms. The van der Waals surface area contributed by atoms with Crippen molar-refractivity contribution in [2.75, 3.05) is 21.3 Å². The summed E-state index contributed by atoms with van der Waals surface area (Å²) in [5.74, 6) is -5.20. The summed E-state index contributed by atoms with van der Waals surface area (Å²) in [4.78, 5) is 0. The zero-order valence-electron chi connectivity index (χ0n) is 7.69. The van der Waals surface area contributed by atoms with Crippen molar-refractivity contribution >= 4 is 6.75 Å². The maximum Gasteiger partial charge on any atom is 0.460 e. The van der Waals surface area contributed by atoms with Gasteiger partial charge in [-0.15, -0.1) is 0 Å². The molecule has 0 aliphatic rings. The van der Waals surface area contributed by atoms with Gasteiger partial charge in [-0.05, 0) is 21.3 Å². The second-order valence-electron chi connectivity index (χ2n) is 2.47. The normalized spacial score (nSPS) is 14.6. The van der Waals surface area contributed by atoms with E-state index in [4.69, 9.17) is 0 Å². The maximum atomic E-state index is 12.8. The minimum atomic E-state index is -5.80. The van der Waals surface area contributed by atoms with Crippen LogP contribution in [0.2, 0.25) is 0 Å². The van der Waals surface area contributed by atoms with E-state index in [1.807, 2.05) is 0 Å². The average molecular weight is 223 g/mol. The lowest BCUT2D eigenvalue weighted by Crippen LogP contribution is -2.65. The molecule has 0 atom stereocenters. The van der Waals surface area contributed by atoms with Gasteiger partial charge in [-0.25, -0.2) is 8.78 Å². The van der Waals surface area contributed by atoms with Gasteiger partial charge in [0.05, 0.1) is 0 Å². The molecule has 0 aliphatic carbocycles. The van der Waals surface area contributed by atoms with Gasteiger partial charge in [-0.1, -0.05) is 0 Å². The van der Waals surface area contributed by atoms with Crippen LogP contribution in [0.25, 0.3) is 0 Å². The first-order valence-electron chi connectivity index (χ1n) is 3.42. The second-order valence-corrected chi connectivity index (χ2v) is 2.47. The SMILES string of the molecule is CO[B-](OC)(OC)C(F)(F)C(F)(F)F. The number of rotatable bonds is 4. The molecule has 0 radical (unpaired) electrons. The summed E-state index contributed by atoms with van der Waals surface area (Å²) in [6, 6.07) is 0. The smallest absolute Gasteiger partial charge is 0.460 e. The topological polar surface area (TPSA) is 27.7 Å². The van der Waals surface area contributed by atoms with Crippen molar-refractivity contribution in [1.29, 1.82) is 0 Å². The fourth-order valence-corrected chi connectivity index (χ4v) is 0.933. The first kappa shape index (κ1) is 13.6. The van der Waals surface area contributed by atoms with Gasteiger partial charge in [0.2, 0.25) is 0 Å². The Kier molecular flexibility index (Phi) is 3.88. The zero-order valence-corrected chi connectivity index (χ0v) is 7.69. The Labute approximate surface area is 77.1 Å². The molecule has 0 rings (SSSR count). The third-order valence-electron chi connectivity index (χ3n) is 1.75. The molecular formula is C5H9BF5O3-. The third kappa shape index (κ3) is 1.84. The third-order valence-corrected chi connectivity index (χ3v) is 1.75. The van der Waals surface area contributed by atoms with Gasteiger partial charge in [-0.3, -0.25) is 0 Å². The van der Waals surface area contributed by atoms with E-state index < -0.39 is 18.8 Å². The molecule has 0 N–H and O–H groups in total. The van der Waals surface area contributed by atoms with Gasteiger partial charge in [0, 0.05) is 0 Å². The number of halogens is 5. The van der Waals surface area contributed by atoms with Gasteiger partial charge in [0.1, 0.15) is 0 Å². The molecule has 0 amide bonds. The van der Waals surface area contributed by atoms with Crippen LogP contribution < -0.4 is 0 Å². The zero-order chi connectivity index (χ0) is 11.6. The summed E-state index contributed by atoms with van der Waals surface area (Å²) < 4.78 is 73.2. The van der Waals surface area contributed by atoms with E-state index in [2.05, 4.69) is 14.0 Å². The molecule has 14 heavy (non-hydrogen) atoms. The highest BCUT2D eigenvalue weighted by Gasteiger charge is 2.68. The van der Waals surface area contributed by atoms with Crippen LogP contribution in [0.5, 0.6) is 0 Å². The largest absolute Gasteiger partial charge is 0.543 e. The predicted octanol–water partition coefficient (Wildman–Crippen LogP) is 1.60. The van der Waals surface area contributed by atoms with Crippen molar-refractivity contribution in [3.63, 3.8) is 0 Å². The van der Waals surface area contributed by atoms with E-state index in [0.29, 0.717) is 21.3 Å². The first-order valence-corrected chi connectivity index (χ1v) is 3.42. The number of hydrogen-bond donors (Lipinski definition) is 0. The van der Waals surface area contributed by atoms with Crippen LogP contribution in [-0.4, -0.2) is 40.1 Å². The highest BCUT2D eigenvalue weighted by molar-refractivity contribution is 6.63. The van der Waals surface area contributed by atoms with Crippen molar-refractivity contribution in [2.45, 2.75) is 12.0 Å². The Hall–Kier alpha value is -0.405. The van der Waals surface area contributed by atoms with E-state index in [1.54, 1.807) is 0 Å². The molecule has 0 spiro atoms. The Balaban J connectivity index is 5.19. The lowest BCUT2D eigenvalue weighted by Gasteiger charge is -2.43. The average Bonchev–Trinajstić information content (AvgIpc) is 2.06. The van der Waals surface area contributed by atoms with Crippen molar-refractivity contribution in [3.8, 4) is 0 Å². The Morgan fingerprint density at radius 1 is 0.786 bits per heavy atom. The second kappa shape index (κ2) is 3.99. The number of hydrogen-bond acceptors (Lipinski definition) is 3. The van der Waals surface area contributed by atoms with E-state index in [9.17, 15) is 22.0 Å². The molecule has 0 aromatic rings. The van der Waals surface area contributed by atoms with Crippen molar-refractivity contribution in [3.05, 3.63) is 0 Å². The minimum absolute atomic E-state index is 0.645. The van der Waals surface area contributed by atoms with E-state index >= 15 is 0 Å². The van der Waals surface area contributed by atoms with Crippen LogP contribution in [-0.2, 0) is 14.0 Å². The summed E-state index contributed by atoms with van der Waals surface area (Å²) in [5, 5.41) is 0. The predicted molar refractivity (Wildman–Crippen MR) is 37.8 cm³/mol. The molecule has 0 aromatic carbocycles. The molecule has 0 saturated heterocycles. The van der Waals surface area contributed by atoms with E-state index in [-0.39, 0.29) is 0 Å². The minimum Gasteiger partial charge on any atom is -0.543 e. The van der Waals surface area contributed by atoms with Crippen molar-refractivity contribution in [2.24, 2.45) is 0 Å². The Bertz CT molecular complexity index is 182. The lowest BCUT2D eigenvalue weighted by molar-refractivity contribution is -0.267. The van der Waals surface area contributed by atoms with Crippen LogP contribution in [0.4, 0.5) is 22.0 Å². The molecular weight excluding hydrogens is 214 g/mol. The van der Waals surface area contributed by atoms with Crippen LogP contribution in [0.1, 0.15) is 0 Å². The van der Waals surface area contributed by atoms with Crippen LogP contribution >= 0.6 is 0 Å². The van der Waals surface area contributed by atoms with Gasteiger partial charge in [-0.2, -0.15) is 13.2 Å². The van der Waals surface area contributed by atoms with Crippen LogP contribution in [0, 0.1) is 0 Å². The quantitative estimate of drug-likeness (QED) is 0.535. The first-order chi connectivity index (χ1) is 6.18. The molecule has 0 heterocycles. The monoisotopic (exact) mass is 223 g/mol. The van der Waals surface area contributed by atoms with Crippen molar-refractivity contribution < 1.29 is 35.9 Å². The summed E-state index contributed by atoms with van der Waals surface area (Å²) in [7, 11) is 1.94. The fourth-order valence-electron chi connectivity index (χ4n) is 0.933. The molecule has 0 unspecified atom stereocenters. The van der Waals surface area contributed by atoms with Crippen LogP contribution in [0.3, 0.4) is 0 Å². The molecule has 9 heteroatoms. The Morgan fingerprint density at radius 2 is 1.07 bits per heavy atom. The summed E-state index contributed by atoms with van der Waals surface area (Å²) in [5.41, 5.74) is 0. The maximum absolute atomic E-state index is 12.8. The highest BCUT2D eigenvalue weighted by atomic mass is 19.4. The van der Waals surface area contributed by atoms with Gasteiger partial charge < -0.3 is 14.0 Å². The molecule has 86 valence electrons. The number of alkyl halides is 5. The van der Waals surface area contributed by atoms with Gasteiger partial charge in [0.15, 0.2) is 0 Å². The van der Waals surface area contributed by atoms with Gasteiger partial charge in [0.25, 0.3) is 0 Å². The molecule has 0 aromatic heterocycles. The highest BCUT2D eigenvalue weighted by Crippen LogP contribution is 2.42. The molecule has 0 saturated carbocycles. The van der Waals surface area contributed by atoms with E-state index in [0.717, 1.165) is 0 Å². The Morgan fingerprint density at radius 3 is 1.14 bits per heavy atom.